The molecule has 0 unspecified atom stereocenters. The minimum atomic E-state index is -0.993. The second kappa shape index (κ2) is 6.50. The molecule has 29 heavy (non-hydrogen) atoms. The Morgan fingerprint density at radius 2 is 2.14 bits per heavy atom. The Morgan fingerprint density at radius 3 is 2.79 bits per heavy atom. The molecular formula is C22H20FN3O3. The molecule has 0 bridgehead atoms. The van der Waals surface area contributed by atoms with Crippen LogP contribution in [0.4, 0.5) is 4.39 Å². The third-order valence-electron chi connectivity index (χ3n) is 6.02. The maximum atomic E-state index is 13.7. The lowest BCUT2D eigenvalue weighted by Gasteiger charge is -2.40. The Labute approximate surface area is 166 Å². The van der Waals surface area contributed by atoms with Crippen molar-refractivity contribution in [1.82, 2.24) is 10.3 Å². The van der Waals surface area contributed by atoms with Crippen molar-refractivity contribution in [2.24, 2.45) is 5.73 Å². The fourth-order valence-corrected chi connectivity index (χ4v) is 4.30. The van der Waals surface area contributed by atoms with Crippen molar-refractivity contribution in [2.45, 2.75) is 18.3 Å². The van der Waals surface area contributed by atoms with Crippen molar-refractivity contribution < 1.29 is 18.7 Å². The van der Waals surface area contributed by atoms with Crippen LogP contribution in [-0.4, -0.2) is 35.7 Å². The van der Waals surface area contributed by atoms with Gasteiger partial charge >= 0.3 is 5.97 Å². The first-order valence-electron chi connectivity index (χ1n) is 9.58. The molecule has 7 heteroatoms. The van der Waals surface area contributed by atoms with Crippen LogP contribution < -0.4 is 11.1 Å². The molecule has 0 amide bonds. The van der Waals surface area contributed by atoms with Crippen molar-refractivity contribution in [3.8, 4) is 22.6 Å². The summed E-state index contributed by atoms with van der Waals surface area (Å²) in [4.78, 5) is 16.6. The molecule has 3 heterocycles. The quantitative estimate of drug-likeness (QED) is 0.630. The van der Waals surface area contributed by atoms with E-state index in [0.717, 1.165) is 11.1 Å². The molecule has 1 aliphatic heterocycles. The van der Waals surface area contributed by atoms with Crippen molar-refractivity contribution in [3.63, 3.8) is 0 Å². The largest absolute Gasteiger partial charge is 0.478 e. The van der Waals surface area contributed by atoms with E-state index in [9.17, 15) is 14.3 Å². The number of hydrogen-bond donors (Lipinski definition) is 3. The second-order valence-electron chi connectivity index (χ2n) is 7.74. The van der Waals surface area contributed by atoms with Crippen LogP contribution in [0.3, 0.4) is 0 Å². The topological polar surface area (TPSA) is 101 Å². The molecule has 4 N–H and O–H groups in total. The third kappa shape index (κ3) is 2.69. The Balaban J connectivity index is 1.69. The molecule has 3 aromatic rings. The number of rotatable bonds is 4. The average Bonchev–Trinajstić information content (AvgIpc) is 3.07. The van der Waals surface area contributed by atoms with E-state index in [4.69, 9.17) is 10.2 Å². The molecule has 1 saturated heterocycles. The molecule has 2 aliphatic rings. The third-order valence-corrected chi connectivity index (χ3v) is 6.02. The number of nitrogens with two attached hydrogens (primary N) is 1. The molecule has 1 aliphatic carbocycles. The zero-order valence-electron chi connectivity index (χ0n) is 15.7. The van der Waals surface area contributed by atoms with Gasteiger partial charge in [0.15, 0.2) is 0 Å². The number of aromatic carboxylic acids is 1. The van der Waals surface area contributed by atoms with Crippen molar-refractivity contribution in [3.05, 3.63) is 64.8 Å². The predicted molar refractivity (Wildman–Crippen MR) is 105 cm³/mol. The number of carboxylic acid groups (broad SMARTS) is 1. The number of nitrogens with zero attached hydrogens (tertiary/aromatic N) is 1. The van der Waals surface area contributed by atoms with Gasteiger partial charge in [-0.3, -0.25) is 4.98 Å². The summed E-state index contributed by atoms with van der Waals surface area (Å²) in [7, 11) is 0. The normalized spacial score (nSPS) is 16.6. The van der Waals surface area contributed by atoms with Gasteiger partial charge in [-0.15, -0.1) is 0 Å². The molecule has 0 atom stereocenters. The number of carbonyl (C=O) groups is 1. The monoisotopic (exact) mass is 393 g/mol. The van der Waals surface area contributed by atoms with E-state index >= 15 is 0 Å². The van der Waals surface area contributed by atoms with Gasteiger partial charge in [-0.25, -0.2) is 9.18 Å². The van der Waals surface area contributed by atoms with E-state index in [-0.39, 0.29) is 11.4 Å². The number of carboxylic acids is 1. The lowest BCUT2D eigenvalue weighted by Crippen LogP contribution is -2.61. The first-order chi connectivity index (χ1) is 14.0. The summed E-state index contributed by atoms with van der Waals surface area (Å²) >= 11 is 0. The highest BCUT2D eigenvalue weighted by molar-refractivity contribution is 5.94. The van der Waals surface area contributed by atoms with Gasteiger partial charge in [0, 0.05) is 42.5 Å². The van der Waals surface area contributed by atoms with Crippen LogP contribution >= 0.6 is 0 Å². The fraction of sp³-hybridized carbons (Fsp3) is 0.273. The Morgan fingerprint density at radius 1 is 1.31 bits per heavy atom. The summed E-state index contributed by atoms with van der Waals surface area (Å²) in [5.41, 5.74) is 9.52. The predicted octanol–water partition coefficient (Wildman–Crippen LogP) is 2.74. The first kappa shape index (κ1) is 18.0. The zero-order valence-corrected chi connectivity index (χ0v) is 15.7. The van der Waals surface area contributed by atoms with Crippen molar-refractivity contribution in [1.29, 1.82) is 0 Å². The summed E-state index contributed by atoms with van der Waals surface area (Å²) in [5.74, 6) is -0.308. The molecule has 148 valence electrons. The van der Waals surface area contributed by atoms with E-state index in [0.29, 0.717) is 60.8 Å². The van der Waals surface area contributed by atoms with E-state index in [1.807, 2.05) is 6.07 Å². The van der Waals surface area contributed by atoms with Crippen molar-refractivity contribution in [2.75, 3.05) is 19.6 Å². The Hall–Kier alpha value is -3.03. The Bertz CT molecular complexity index is 1130. The maximum Gasteiger partial charge on any atom is 0.339 e. The second-order valence-corrected chi connectivity index (χ2v) is 7.74. The number of fused-ring (bicyclic) bond motifs is 3. The van der Waals surface area contributed by atoms with E-state index in [1.165, 1.54) is 12.1 Å². The number of hydrogen-bond acceptors (Lipinski definition) is 5. The fourth-order valence-electron chi connectivity index (χ4n) is 4.30. The average molecular weight is 393 g/mol. The highest BCUT2D eigenvalue weighted by atomic mass is 19.1. The van der Waals surface area contributed by atoms with E-state index in [1.54, 1.807) is 18.3 Å². The SMILES string of the molecule is NCC1(c2oc3c(c2C(=O)O)CCc2cnc(-c4cccc(F)c4)cc2-3)CNC1. The van der Waals surface area contributed by atoms with Gasteiger partial charge in [0.05, 0.1) is 11.1 Å². The number of aryl methyl sites for hydroxylation is 1. The standard InChI is InChI=1S/C22H20FN3O3/c23-14-3-1-2-12(6-14)17-7-16-13(8-26-17)4-5-15-18(21(27)28)20(29-19(15)16)22(9-24)10-25-11-22/h1-3,6-8,25H,4-5,9-11,24H2,(H,27,28). The van der Waals surface area contributed by atoms with Crippen LogP contribution in [0.2, 0.25) is 0 Å². The first-order valence-corrected chi connectivity index (χ1v) is 9.58. The van der Waals surface area contributed by atoms with Crippen LogP contribution in [0.25, 0.3) is 22.6 Å². The van der Waals surface area contributed by atoms with Crippen LogP contribution in [0.5, 0.6) is 0 Å². The maximum absolute atomic E-state index is 13.7. The minimum absolute atomic E-state index is 0.238. The zero-order chi connectivity index (χ0) is 20.2. The van der Waals surface area contributed by atoms with E-state index < -0.39 is 11.4 Å². The smallest absolute Gasteiger partial charge is 0.339 e. The lowest BCUT2D eigenvalue weighted by atomic mass is 9.76. The van der Waals surface area contributed by atoms with Crippen LogP contribution in [0.1, 0.15) is 27.2 Å². The summed E-state index contributed by atoms with van der Waals surface area (Å²) in [6.07, 6.45) is 3.01. The van der Waals surface area contributed by atoms with Gasteiger partial charge in [0.2, 0.25) is 0 Å². The highest BCUT2D eigenvalue weighted by Gasteiger charge is 2.45. The van der Waals surface area contributed by atoms with Crippen molar-refractivity contribution >= 4 is 5.97 Å². The van der Waals surface area contributed by atoms with Gasteiger partial charge in [-0.1, -0.05) is 12.1 Å². The molecule has 0 radical (unpaired) electrons. The summed E-state index contributed by atoms with van der Waals surface area (Å²) in [6, 6.07) is 8.10. The molecule has 6 nitrogen and oxygen atoms in total. The van der Waals surface area contributed by atoms with E-state index in [2.05, 4.69) is 10.3 Å². The molecule has 0 spiro atoms. The summed E-state index contributed by atoms with van der Waals surface area (Å²) < 4.78 is 19.9. The molecule has 1 aromatic carbocycles. The molecule has 2 aromatic heterocycles. The molecule has 1 fully saturated rings. The van der Waals surface area contributed by atoms with Gasteiger partial charge in [0.25, 0.3) is 0 Å². The Kier molecular flexibility index (Phi) is 4.04. The summed E-state index contributed by atoms with van der Waals surface area (Å²) in [6.45, 7) is 1.49. The summed E-state index contributed by atoms with van der Waals surface area (Å²) in [5, 5.41) is 13.1. The van der Waals surface area contributed by atoms with Gasteiger partial charge in [0.1, 0.15) is 22.9 Å². The number of aromatic nitrogens is 1. The molecule has 0 saturated carbocycles. The number of pyridine rings is 1. The minimum Gasteiger partial charge on any atom is -0.478 e. The van der Waals surface area contributed by atoms with Gasteiger partial charge in [-0.2, -0.15) is 0 Å². The van der Waals surface area contributed by atoms with Gasteiger partial charge < -0.3 is 20.6 Å². The lowest BCUT2D eigenvalue weighted by molar-refractivity contribution is 0.0688. The van der Waals surface area contributed by atoms with Crippen LogP contribution in [0, 0.1) is 5.82 Å². The molecular weight excluding hydrogens is 373 g/mol. The van der Waals surface area contributed by atoms with Crippen LogP contribution in [-0.2, 0) is 18.3 Å². The van der Waals surface area contributed by atoms with Gasteiger partial charge in [-0.05, 0) is 36.6 Å². The molecule has 5 rings (SSSR count). The highest BCUT2D eigenvalue weighted by Crippen LogP contribution is 2.44. The number of benzene rings is 1. The number of halogens is 1. The number of nitrogens with one attached hydrogen (secondary N) is 1. The van der Waals surface area contributed by atoms with Crippen LogP contribution in [0.15, 0.2) is 40.9 Å². The number of furan rings is 1.